The fraction of sp³-hybridized carbons (Fsp3) is 0.286. The number of amides is 1. The van der Waals surface area contributed by atoms with Crippen LogP contribution in [0.3, 0.4) is 0 Å². The van der Waals surface area contributed by atoms with E-state index in [1.54, 1.807) is 12.1 Å². The molecule has 0 aliphatic carbocycles. The molecule has 7 nitrogen and oxygen atoms in total. The van der Waals surface area contributed by atoms with Crippen LogP contribution in [0.2, 0.25) is 0 Å². The van der Waals surface area contributed by atoms with Crippen LogP contribution in [0.25, 0.3) is 11.4 Å². The number of anilines is 1. The molecule has 1 heterocycles. The summed E-state index contributed by atoms with van der Waals surface area (Å²) < 4.78 is 16.1. The quantitative estimate of drug-likeness (QED) is 0.600. The summed E-state index contributed by atoms with van der Waals surface area (Å²) in [5.41, 5.74) is 1.55. The average molecular weight is 381 g/mol. The molecule has 1 amide bonds. The number of carbonyl (C=O) groups excluding carboxylic acids is 1. The van der Waals surface area contributed by atoms with Crippen molar-refractivity contribution in [3.8, 4) is 22.9 Å². The smallest absolute Gasteiger partial charge is 0.227 e. The number of aryl methyl sites for hydroxylation is 1. The maximum atomic E-state index is 12.1. The Hall–Kier alpha value is -3.35. The number of benzene rings is 2. The van der Waals surface area contributed by atoms with Gasteiger partial charge in [-0.25, -0.2) is 0 Å². The van der Waals surface area contributed by atoms with Crippen molar-refractivity contribution in [2.75, 3.05) is 18.5 Å². The highest BCUT2D eigenvalue weighted by Crippen LogP contribution is 2.20. The van der Waals surface area contributed by atoms with Gasteiger partial charge in [-0.1, -0.05) is 5.16 Å². The molecule has 3 rings (SSSR count). The lowest BCUT2D eigenvalue weighted by Gasteiger charge is -2.06. The third-order valence-corrected chi connectivity index (χ3v) is 3.91. The van der Waals surface area contributed by atoms with Gasteiger partial charge in [0.2, 0.25) is 17.6 Å². The minimum atomic E-state index is -0.120. The Morgan fingerprint density at radius 3 is 2.18 bits per heavy atom. The summed E-state index contributed by atoms with van der Waals surface area (Å²) in [4.78, 5) is 16.5. The van der Waals surface area contributed by atoms with Crippen LogP contribution >= 0.6 is 0 Å². The van der Waals surface area contributed by atoms with Crippen molar-refractivity contribution in [2.45, 2.75) is 26.7 Å². The lowest BCUT2D eigenvalue weighted by molar-refractivity contribution is -0.116. The van der Waals surface area contributed by atoms with E-state index in [1.165, 1.54) is 0 Å². The zero-order valence-electron chi connectivity index (χ0n) is 16.0. The molecule has 0 atom stereocenters. The van der Waals surface area contributed by atoms with Gasteiger partial charge >= 0.3 is 0 Å². The molecule has 0 spiro atoms. The van der Waals surface area contributed by atoms with Gasteiger partial charge in [-0.2, -0.15) is 4.98 Å². The highest BCUT2D eigenvalue weighted by atomic mass is 16.5. The first kappa shape index (κ1) is 19.4. The number of hydrogen-bond donors (Lipinski definition) is 1. The van der Waals surface area contributed by atoms with Gasteiger partial charge in [0.15, 0.2) is 0 Å². The molecule has 0 bridgehead atoms. The van der Waals surface area contributed by atoms with Gasteiger partial charge in [0.05, 0.1) is 13.2 Å². The molecule has 1 aromatic heterocycles. The van der Waals surface area contributed by atoms with Gasteiger partial charge < -0.3 is 19.3 Å². The first-order valence-corrected chi connectivity index (χ1v) is 9.26. The highest BCUT2D eigenvalue weighted by molar-refractivity contribution is 5.90. The summed E-state index contributed by atoms with van der Waals surface area (Å²) in [5, 5.41) is 6.82. The summed E-state index contributed by atoms with van der Waals surface area (Å²) in [6.07, 6.45) is 0.616. The molecular weight excluding hydrogens is 358 g/mol. The molecule has 0 fully saturated rings. The van der Waals surface area contributed by atoms with Crippen molar-refractivity contribution < 1.29 is 18.8 Å². The normalized spacial score (nSPS) is 10.5. The Morgan fingerprint density at radius 2 is 1.57 bits per heavy atom. The summed E-state index contributed by atoms with van der Waals surface area (Å²) in [6, 6.07) is 14.7. The topological polar surface area (TPSA) is 86.5 Å². The minimum absolute atomic E-state index is 0.120. The van der Waals surface area contributed by atoms with Crippen molar-refractivity contribution in [1.29, 1.82) is 0 Å². The predicted octanol–water partition coefficient (Wildman–Crippen LogP) is 4.11. The van der Waals surface area contributed by atoms with Crippen LogP contribution in [0.15, 0.2) is 53.1 Å². The number of aromatic nitrogens is 2. The van der Waals surface area contributed by atoms with Crippen molar-refractivity contribution in [3.63, 3.8) is 0 Å². The van der Waals surface area contributed by atoms with Crippen LogP contribution < -0.4 is 14.8 Å². The molecule has 0 saturated carbocycles. The molecule has 0 aliphatic heterocycles. The Balaban J connectivity index is 1.51. The number of hydrogen-bond acceptors (Lipinski definition) is 6. The summed E-state index contributed by atoms with van der Waals surface area (Å²) in [7, 11) is 0. The molecule has 2 aromatic carbocycles. The maximum absolute atomic E-state index is 12.1. The molecule has 28 heavy (non-hydrogen) atoms. The first-order chi connectivity index (χ1) is 13.7. The van der Waals surface area contributed by atoms with Crippen LogP contribution in [-0.2, 0) is 11.2 Å². The Kier molecular flexibility index (Phi) is 6.62. The van der Waals surface area contributed by atoms with E-state index in [2.05, 4.69) is 15.5 Å². The van der Waals surface area contributed by atoms with E-state index in [4.69, 9.17) is 14.0 Å². The zero-order valence-corrected chi connectivity index (χ0v) is 16.0. The van der Waals surface area contributed by atoms with E-state index < -0.39 is 0 Å². The standard InChI is InChI=1S/C21H23N3O4/c1-3-26-17-9-5-15(6-10-17)21-23-20(28-24-21)14-13-19(25)22-16-7-11-18(12-8-16)27-4-2/h5-12H,3-4,13-14H2,1-2H3,(H,22,25). The van der Waals surface area contributed by atoms with Gasteiger partial charge in [-0.3, -0.25) is 4.79 Å². The zero-order chi connectivity index (χ0) is 19.8. The molecular formula is C21H23N3O4. The van der Waals surface area contributed by atoms with E-state index >= 15 is 0 Å². The molecule has 1 N–H and O–H groups in total. The molecule has 0 radical (unpaired) electrons. The fourth-order valence-corrected chi connectivity index (χ4v) is 2.59. The summed E-state index contributed by atoms with van der Waals surface area (Å²) in [6.45, 7) is 5.08. The van der Waals surface area contributed by atoms with Crippen LogP contribution in [0.4, 0.5) is 5.69 Å². The maximum Gasteiger partial charge on any atom is 0.227 e. The third-order valence-electron chi connectivity index (χ3n) is 3.91. The Morgan fingerprint density at radius 1 is 0.964 bits per heavy atom. The Bertz CT molecular complexity index is 889. The summed E-state index contributed by atoms with van der Waals surface area (Å²) >= 11 is 0. The van der Waals surface area contributed by atoms with E-state index in [0.29, 0.717) is 37.0 Å². The van der Waals surface area contributed by atoms with Crippen LogP contribution in [0.1, 0.15) is 26.2 Å². The molecule has 0 aliphatic rings. The van der Waals surface area contributed by atoms with Gasteiger partial charge in [0, 0.05) is 24.1 Å². The van der Waals surface area contributed by atoms with Crippen LogP contribution in [0, 0.1) is 0 Å². The SMILES string of the molecule is CCOc1ccc(NC(=O)CCc2nc(-c3ccc(OCC)cc3)no2)cc1. The monoisotopic (exact) mass is 381 g/mol. The van der Waals surface area contributed by atoms with E-state index in [1.807, 2.05) is 50.2 Å². The predicted molar refractivity (Wildman–Crippen MR) is 105 cm³/mol. The fourth-order valence-electron chi connectivity index (χ4n) is 2.59. The number of ether oxygens (including phenoxy) is 2. The van der Waals surface area contributed by atoms with E-state index in [0.717, 1.165) is 17.1 Å². The van der Waals surface area contributed by atoms with Gasteiger partial charge in [0.1, 0.15) is 11.5 Å². The molecule has 146 valence electrons. The number of nitrogens with one attached hydrogen (secondary N) is 1. The van der Waals surface area contributed by atoms with Gasteiger partial charge in [0.25, 0.3) is 0 Å². The number of nitrogens with zero attached hydrogens (tertiary/aromatic N) is 2. The van der Waals surface area contributed by atoms with Crippen molar-refractivity contribution in [1.82, 2.24) is 10.1 Å². The van der Waals surface area contributed by atoms with Crippen LogP contribution in [-0.4, -0.2) is 29.3 Å². The average Bonchev–Trinajstić information content (AvgIpc) is 3.18. The number of carbonyl (C=O) groups is 1. The molecule has 0 unspecified atom stereocenters. The lowest BCUT2D eigenvalue weighted by Crippen LogP contribution is -2.12. The van der Waals surface area contributed by atoms with Crippen molar-refractivity contribution >= 4 is 11.6 Å². The van der Waals surface area contributed by atoms with Crippen molar-refractivity contribution in [3.05, 3.63) is 54.4 Å². The Labute approximate surface area is 163 Å². The second kappa shape index (κ2) is 9.55. The second-order valence-electron chi connectivity index (χ2n) is 5.97. The molecule has 3 aromatic rings. The largest absolute Gasteiger partial charge is 0.494 e. The van der Waals surface area contributed by atoms with Gasteiger partial charge in [-0.05, 0) is 62.4 Å². The van der Waals surface area contributed by atoms with Crippen LogP contribution in [0.5, 0.6) is 11.5 Å². The lowest BCUT2D eigenvalue weighted by atomic mass is 10.2. The highest BCUT2D eigenvalue weighted by Gasteiger charge is 2.11. The van der Waals surface area contributed by atoms with Gasteiger partial charge in [-0.15, -0.1) is 0 Å². The molecule has 0 saturated heterocycles. The minimum Gasteiger partial charge on any atom is -0.494 e. The first-order valence-electron chi connectivity index (χ1n) is 9.26. The van der Waals surface area contributed by atoms with Crippen molar-refractivity contribution in [2.24, 2.45) is 0 Å². The summed E-state index contributed by atoms with van der Waals surface area (Å²) in [5.74, 6) is 2.36. The third kappa shape index (κ3) is 5.33. The second-order valence-corrected chi connectivity index (χ2v) is 5.97. The van der Waals surface area contributed by atoms with E-state index in [-0.39, 0.29) is 12.3 Å². The van der Waals surface area contributed by atoms with E-state index in [9.17, 15) is 4.79 Å². The number of rotatable bonds is 9. The molecule has 7 heteroatoms.